The van der Waals surface area contributed by atoms with Gasteiger partial charge in [0.05, 0.1) is 0 Å². The Balaban J connectivity index is 1.94. The number of hydrogen-bond acceptors (Lipinski definition) is 4. The maximum absolute atomic E-state index is 12.8. The van der Waals surface area contributed by atoms with Crippen LogP contribution in [-0.4, -0.2) is 15.3 Å². The van der Waals surface area contributed by atoms with Gasteiger partial charge in [-0.1, -0.05) is 0 Å². The molecule has 2 aromatic heterocycles. The molecule has 0 saturated heterocycles. The maximum atomic E-state index is 12.8. The highest BCUT2D eigenvalue weighted by Gasteiger charge is 2.13. The third-order valence-electron chi connectivity index (χ3n) is 2.69. The minimum absolute atomic E-state index is 0.0646. The van der Waals surface area contributed by atoms with Crippen molar-refractivity contribution in [3.05, 3.63) is 63.8 Å². The number of carbonyl (C=O) groups is 1. The number of nitrogens with zero attached hydrogens (tertiary/aromatic N) is 2. The minimum Gasteiger partial charge on any atom is -0.322 e. The van der Waals surface area contributed by atoms with Crippen LogP contribution < -0.4 is 10.9 Å². The first kappa shape index (κ1) is 12.5. The summed E-state index contributed by atoms with van der Waals surface area (Å²) in [7, 11) is 0. The van der Waals surface area contributed by atoms with Crippen molar-refractivity contribution in [1.82, 2.24) is 9.38 Å². The van der Waals surface area contributed by atoms with E-state index in [4.69, 9.17) is 0 Å². The van der Waals surface area contributed by atoms with Crippen LogP contribution >= 0.6 is 11.3 Å². The molecule has 5 nitrogen and oxygen atoms in total. The second-order valence-electron chi connectivity index (χ2n) is 3.99. The number of benzene rings is 1. The summed E-state index contributed by atoms with van der Waals surface area (Å²) in [4.78, 5) is 28.7. The Bertz CT molecular complexity index is 839. The van der Waals surface area contributed by atoms with Gasteiger partial charge < -0.3 is 5.32 Å². The highest BCUT2D eigenvalue weighted by Crippen LogP contribution is 2.10. The zero-order valence-electron chi connectivity index (χ0n) is 10.0. The number of fused-ring (bicyclic) bond motifs is 1. The normalized spacial score (nSPS) is 10.7. The van der Waals surface area contributed by atoms with Crippen LogP contribution in [0.5, 0.6) is 0 Å². The number of anilines is 1. The van der Waals surface area contributed by atoms with Crippen LogP contribution in [0.3, 0.4) is 0 Å². The Labute approximate surface area is 116 Å². The Kier molecular flexibility index (Phi) is 3.03. The van der Waals surface area contributed by atoms with E-state index in [9.17, 15) is 14.0 Å². The molecule has 7 heteroatoms. The van der Waals surface area contributed by atoms with Gasteiger partial charge in [0.2, 0.25) is 0 Å². The predicted molar refractivity (Wildman–Crippen MR) is 73.7 cm³/mol. The number of carbonyl (C=O) groups excluding carboxylic acids is 1. The molecule has 0 aliphatic rings. The van der Waals surface area contributed by atoms with Crippen molar-refractivity contribution in [3.8, 4) is 0 Å². The topological polar surface area (TPSA) is 63.5 Å². The summed E-state index contributed by atoms with van der Waals surface area (Å²) in [5, 5.41) is 4.24. The van der Waals surface area contributed by atoms with Crippen molar-refractivity contribution in [2.45, 2.75) is 0 Å². The molecule has 1 amide bonds. The largest absolute Gasteiger partial charge is 0.322 e. The van der Waals surface area contributed by atoms with E-state index >= 15 is 0 Å². The number of halogens is 1. The Morgan fingerprint density at radius 1 is 1.30 bits per heavy atom. The van der Waals surface area contributed by atoms with Gasteiger partial charge in [0.25, 0.3) is 11.5 Å². The molecule has 3 rings (SSSR count). The summed E-state index contributed by atoms with van der Waals surface area (Å²) in [6, 6.07) is 5.29. The number of aromatic nitrogens is 2. The Morgan fingerprint density at radius 3 is 2.80 bits per heavy atom. The molecule has 0 aliphatic heterocycles. The summed E-state index contributed by atoms with van der Waals surface area (Å²) in [5.74, 6) is -0.973. The number of thiazole rings is 1. The molecule has 0 spiro atoms. The van der Waals surface area contributed by atoms with Crippen LogP contribution in [0, 0.1) is 5.82 Å². The molecular formula is C13H8FN3O2S. The van der Waals surface area contributed by atoms with E-state index < -0.39 is 17.3 Å². The fraction of sp³-hybridized carbons (Fsp3) is 0. The summed E-state index contributed by atoms with van der Waals surface area (Å²) in [5.41, 5.74) is -0.0905. The molecule has 0 bridgehead atoms. The number of amides is 1. The fourth-order valence-corrected chi connectivity index (χ4v) is 2.39. The lowest BCUT2D eigenvalue weighted by Crippen LogP contribution is -2.25. The lowest BCUT2D eigenvalue weighted by atomic mass is 10.2. The van der Waals surface area contributed by atoms with Crippen molar-refractivity contribution < 1.29 is 9.18 Å². The first-order valence-electron chi connectivity index (χ1n) is 5.67. The molecule has 0 aliphatic carbocycles. The SMILES string of the molecule is O=C(Nc1ccc(F)cc1)c1cnc2sccn2c1=O. The van der Waals surface area contributed by atoms with Crippen LogP contribution in [0.25, 0.3) is 4.96 Å². The van der Waals surface area contributed by atoms with Crippen LogP contribution in [0.2, 0.25) is 0 Å². The van der Waals surface area contributed by atoms with E-state index in [1.165, 1.54) is 46.2 Å². The van der Waals surface area contributed by atoms with Crippen LogP contribution in [0.15, 0.2) is 46.8 Å². The fourth-order valence-electron chi connectivity index (χ4n) is 1.71. The van der Waals surface area contributed by atoms with Gasteiger partial charge >= 0.3 is 0 Å². The third-order valence-corrected chi connectivity index (χ3v) is 3.46. The molecule has 100 valence electrons. The number of rotatable bonds is 2. The maximum Gasteiger partial charge on any atom is 0.271 e. The van der Waals surface area contributed by atoms with Crippen LogP contribution in [-0.2, 0) is 0 Å². The minimum atomic E-state index is -0.574. The summed E-state index contributed by atoms with van der Waals surface area (Å²) in [6.07, 6.45) is 2.80. The van der Waals surface area contributed by atoms with Gasteiger partial charge in [-0.05, 0) is 24.3 Å². The second kappa shape index (κ2) is 4.86. The van der Waals surface area contributed by atoms with E-state index in [-0.39, 0.29) is 5.56 Å². The quantitative estimate of drug-likeness (QED) is 0.786. The van der Waals surface area contributed by atoms with Gasteiger partial charge in [-0.3, -0.25) is 14.0 Å². The molecule has 2 heterocycles. The van der Waals surface area contributed by atoms with Crippen molar-refractivity contribution in [3.63, 3.8) is 0 Å². The van der Waals surface area contributed by atoms with E-state index in [0.29, 0.717) is 10.6 Å². The van der Waals surface area contributed by atoms with Crippen molar-refractivity contribution in [1.29, 1.82) is 0 Å². The zero-order chi connectivity index (χ0) is 14.1. The monoisotopic (exact) mass is 289 g/mol. The van der Waals surface area contributed by atoms with Gasteiger partial charge in [-0.2, -0.15) is 0 Å². The predicted octanol–water partition coefficient (Wildman–Crippen LogP) is 2.15. The first-order chi connectivity index (χ1) is 9.65. The molecule has 3 aromatic rings. The lowest BCUT2D eigenvalue weighted by Gasteiger charge is -2.04. The highest BCUT2D eigenvalue weighted by molar-refractivity contribution is 7.15. The van der Waals surface area contributed by atoms with Crippen molar-refractivity contribution >= 4 is 27.9 Å². The molecule has 0 radical (unpaired) electrons. The second-order valence-corrected chi connectivity index (χ2v) is 4.87. The van der Waals surface area contributed by atoms with Gasteiger partial charge in [0.1, 0.15) is 11.4 Å². The molecule has 1 N–H and O–H groups in total. The molecule has 0 unspecified atom stereocenters. The van der Waals surface area contributed by atoms with E-state index in [0.717, 1.165) is 0 Å². The van der Waals surface area contributed by atoms with E-state index in [1.807, 2.05) is 0 Å². The lowest BCUT2D eigenvalue weighted by molar-refractivity contribution is 0.102. The van der Waals surface area contributed by atoms with Gasteiger partial charge in [-0.15, -0.1) is 11.3 Å². The van der Waals surface area contributed by atoms with E-state index in [2.05, 4.69) is 10.3 Å². The van der Waals surface area contributed by atoms with Gasteiger partial charge in [0, 0.05) is 23.5 Å². The molecule has 0 atom stereocenters. The summed E-state index contributed by atoms with van der Waals surface area (Å²) < 4.78 is 14.1. The molecule has 0 fully saturated rings. The third kappa shape index (κ3) is 2.19. The standard InChI is InChI=1S/C13H8FN3O2S/c14-8-1-3-9(4-2-8)16-11(18)10-7-15-13-17(12(10)19)5-6-20-13/h1-7H,(H,16,18). The Morgan fingerprint density at radius 2 is 2.05 bits per heavy atom. The summed E-state index contributed by atoms with van der Waals surface area (Å²) in [6.45, 7) is 0. The molecule has 0 saturated carbocycles. The average Bonchev–Trinajstić information content (AvgIpc) is 2.91. The highest BCUT2D eigenvalue weighted by atomic mass is 32.1. The van der Waals surface area contributed by atoms with Crippen LogP contribution in [0.1, 0.15) is 10.4 Å². The number of hydrogen-bond donors (Lipinski definition) is 1. The van der Waals surface area contributed by atoms with Crippen LogP contribution in [0.4, 0.5) is 10.1 Å². The smallest absolute Gasteiger partial charge is 0.271 e. The first-order valence-corrected chi connectivity index (χ1v) is 6.55. The Hall–Kier alpha value is -2.54. The molecule has 20 heavy (non-hydrogen) atoms. The van der Waals surface area contributed by atoms with Gasteiger partial charge in [-0.25, -0.2) is 9.37 Å². The van der Waals surface area contributed by atoms with E-state index in [1.54, 1.807) is 11.6 Å². The zero-order valence-corrected chi connectivity index (χ0v) is 10.9. The molecule has 1 aromatic carbocycles. The molecular weight excluding hydrogens is 281 g/mol. The van der Waals surface area contributed by atoms with Gasteiger partial charge in [0.15, 0.2) is 4.96 Å². The summed E-state index contributed by atoms with van der Waals surface area (Å²) >= 11 is 1.31. The number of nitrogens with one attached hydrogen (secondary N) is 1. The van der Waals surface area contributed by atoms with Crippen molar-refractivity contribution in [2.75, 3.05) is 5.32 Å². The van der Waals surface area contributed by atoms with Crippen molar-refractivity contribution in [2.24, 2.45) is 0 Å². The average molecular weight is 289 g/mol.